The van der Waals surface area contributed by atoms with Gasteiger partial charge in [0.2, 0.25) is 0 Å². The Kier molecular flexibility index (Phi) is 5.60. The molecular formula is C25H25N3O3S. The fraction of sp³-hybridized carbons (Fsp3) is 0.200. The Balaban J connectivity index is 1.80. The summed E-state index contributed by atoms with van der Waals surface area (Å²) in [5.41, 5.74) is 6.79. The number of amides is 1. The first-order valence-corrected chi connectivity index (χ1v) is 11.8. The van der Waals surface area contributed by atoms with Crippen molar-refractivity contribution in [1.82, 2.24) is 14.3 Å². The summed E-state index contributed by atoms with van der Waals surface area (Å²) in [6.07, 6.45) is 2.75. The maximum atomic E-state index is 13.2. The first-order chi connectivity index (χ1) is 15.2. The van der Waals surface area contributed by atoms with Crippen LogP contribution in [0.1, 0.15) is 38.3 Å². The van der Waals surface area contributed by atoms with E-state index in [4.69, 9.17) is 0 Å². The van der Waals surface area contributed by atoms with Crippen molar-refractivity contribution in [3.8, 4) is 0 Å². The number of hydrogen-bond donors (Lipinski definition) is 1. The first kappa shape index (κ1) is 21.8. The number of aromatic nitrogens is 2. The number of aryl methyl sites for hydroxylation is 4. The van der Waals surface area contributed by atoms with Crippen molar-refractivity contribution in [2.45, 2.75) is 39.1 Å². The van der Waals surface area contributed by atoms with Gasteiger partial charge in [-0.15, -0.1) is 0 Å². The number of carbonyl (C=O) groups excluding carboxylic acids is 1. The molecule has 2 aromatic carbocycles. The third-order valence-corrected chi connectivity index (χ3v) is 6.98. The summed E-state index contributed by atoms with van der Waals surface area (Å²) < 4.78 is 29.6. The molecule has 0 fully saturated rings. The summed E-state index contributed by atoms with van der Waals surface area (Å²) in [5.74, 6) is -0.668. The Morgan fingerprint density at radius 2 is 1.56 bits per heavy atom. The van der Waals surface area contributed by atoms with Crippen molar-refractivity contribution in [2.24, 2.45) is 0 Å². The molecule has 1 N–H and O–H groups in total. The van der Waals surface area contributed by atoms with Gasteiger partial charge in [-0.2, -0.15) is 0 Å². The van der Waals surface area contributed by atoms with Crippen LogP contribution in [-0.4, -0.2) is 23.9 Å². The molecule has 4 rings (SSSR count). The summed E-state index contributed by atoms with van der Waals surface area (Å²) in [5, 5.41) is 0.888. The Bertz CT molecular complexity index is 1420. The molecule has 0 spiro atoms. The number of carbonyl (C=O) groups is 1. The SMILES string of the molecule is Cc1cc(C)c(Cn2c(C(=O)NS(=O)(=O)c3ccncc3)cc3cc(C)ccc32)c(C)c1. The van der Waals surface area contributed by atoms with E-state index in [1.807, 2.05) is 29.7 Å². The minimum atomic E-state index is -4.02. The summed E-state index contributed by atoms with van der Waals surface area (Å²) >= 11 is 0. The third-order valence-electron chi connectivity index (χ3n) is 5.63. The number of benzene rings is 2. The quantitative estimate of drug-likeness (QED) is 0.491. The van der Waals surface area contributed by atoms with Crippen LogP contribution in [0.15, 0.2) is 65.8 Å². The molecule has 164 valence electrons. The number of nitrogens with zero attached hydrogens (tertiary/aromatic N) is 2. The zero-order chi connectivity index (χ0) is 23.0. The molecule has 0 aliphatic heterocycles. The highest BCUT2D eigenvalue weighted by Gasteiger charge is 2.23. The molecule has 7 heteroatoms. The molecule has 4 aromatic rings. The van der Waals surface area contributed by atoms with Crippen molar-refractivity contribution in [3.05, 3.63) is 94.4 Å². The average molecular weight is 448 g/mol. The van der Waals surface area contributed by atoms with Crippen LogP contribution in [0.3, 0.4) is 0 Å². The van der Waals surface area contributed by atoms with Crippen molar-refractivity contribution in [3.63, 3.8) is 0 Å². The molecule has 0 aliphatic rings. The van der Waals surface area contributed by atoms with E-state index in [0.29, 0.717) is 12.2 Å². The van der Waals surface area contributed by atoms with E-state index >= 15 is 0 Å². The van der Waals surface area contributed by atoms with Gasteiger partial charge in [0.05, 0.1) is 4.90 Å². The molecule has 1 amide bonds. The van der Waals surface area contributed by atoms with Gasteiger partial charge in [0.25, 0.3) is 15.9 Å². The lowest BCUT2D eigenvalue weighted by atomic mass is 9.99. The van der Waals surface area contributed by atoms with Gasteiger partial charge < -0.3 is 4.57 Å². The highest BCUT2D eigenvalue weighted by molar-refractivity contribution is 7.90. The third kappa shape index (κ3) is 4.16. The normalized spacial score (nSPS) is 11.6. The molecule has 0 saturated heterocycles. The highest BCUT2D eigenvalue weighted by atomic mass is 32.2. The number of rotatable bonds is 5. The minimum absolute atomic E-state index is 0.00965. The van der Waals surface area contributed by atoms with E-state index in [9.17, 15) is 13.2 Å². The number of pyridine rings is 1. The maximum Gasteiger partial charge on any atom is 0.281 e. The largest absolute Gasteiger partial charge is 0.332 e. The average Bonchev–Trinajstić information content (AvgIpc) is 3.08. The topological polar surface area (TPSA) is 81.1 Å². The molecule has 0 unspecified atom stereocenters. The minimum Gasteiger partial charge on any atom is -0.332 e. The van der Waals surface area contributed by atoms with Gasteiger partial charge in [-0.3, -0.25) is 9.78 Å². The molecule has 0 bridgehead atoms. The van der Waals surface area contributed by atoms with Crippen LogP contribution in [0.25, 0.3) is 10.9 Å². The van der Waals surface area contributed by atoms with Crippen molar-refractivity contribution in [2.75, 3.05) is 0 Å². The first-order valence-electron chi connectivity index (χ1n) is 10.3. The number of fused-ring (bicyclic) bond motifs is 1. The highest BCUT2D eigenvalue weighted by Crippen LogP contribution is 2.26. The Labute approximate surface area is 188 Å². The van der Waals surface area contributed by atoms with Crippen molar-refractivity contribution in [1.29, 1.82) is 0 Å². The van der Waals surface area contributed by atoms with Crippen LogP contribution in [0, 0.1) is 27.7 Å². The molecule has 2 aromatic heterocycles. The second-order valence-corrected chi connectivity index (χ2v) is 9.86. The predicted molar refractivity (Wildman–Crippen MR) is 125 cm³/mol. The van der Waals surface area contributed by atoms with Crippen LogP contribution in [0.2, 0.25) is 0 Å². The molecule has 32 heavy (non-hydrogen) atoms. The number of sulfonamides is 1. The monoisotopic (exact) mass is 447 g/mol. The zero-order valence-corrected chi connectivity index (χ0v) is 19.3. The van der Waals surface area contributed by atoms with Gasteiger partial charge >= 0.3 is 0 Å². The predicted octanol–water partition coefficient (Wildman–Crippen LogP) is 4.44. The smallest absolute Gasteiger partial charge is 0.281 e. The van der Waals surface area contributed by atoms with E-state index in [1.165, 1.54) is 30.1 Å². The van der Waals surface area contributed by atoms with Gasteiger partial charge in [0.15, 0.2) is 0 Å². The molecule has 0 aliphatic carbocycles. The van der Waals surface area contributed by atoms with E-state index in [2.05, 4.69) is 42.6 Å². The lowest BCUT2D eigenvalue weighted by Gasteiger charge is -2.16. The van der Waals surface area contributed by atoms with Crippen molar-refractivity contribution >= 4 is 26.8 Å². The zero-order valence-electron chi connectivity index (χ0n) is 18.5. The van der Waals surface area contributed by atoms with Crippen LogP contribution >= 0.6 is 0 Å². The Morgan fingerprint density at radius 3 is 2.22 bits per heavy atom. The van der Waals surface area contributed by atoms with Crippen LogP contribution in [0.4, 0.5) is 0 Å². The van der Waals surface area contributed by atoms with Crippen molar-refractivity contribution < 1.29 is 13.2 Å². The summed E-state index contributed by atoms with van der Waals surface area (Å²) in [7, 11) is -4.02. The van der Waals surface area contributed by atoms with E-state index in [1.54, 1.807) is 6.07 Å². The van der Waals surface area contributed by atoms with Gasteiger partial charge in [-0.05, 0) is 74.7 Å². The van der Waals surface area contributed by atoms with E-state index < -0.39 is 15.9 Å². The second kappa shape index (κ2) is 8.24. The molecule has 0 saturated carbocycles. The number of nitrogens with one attached hydrogen (secondary N) is 1. The fourth-order valence-corrected chi connectivity index (χ4v) is 5.06. The Hall–Kier alpha value is -3.45. The lowest BCUT2D eigenvalue weighted by Crippen LogP contribution is -2.32. The molecular weight excluding hydrogens is 422 g/mol. The van der Waals surface area contributed by atoms with Crippen LogP contribution < -0.4 is 4.72 Å². The lowest BCUT2D eigenvalue weighted by molar-refractivity contribution is 0.0973. The molecule has 6 nitrogen and oxygen atoms in total. The molecule has 0 radical (unpaired) electrons. The van der Waals surface area contributed by atoms with E-state index in [-0.39, 0.29) is 4.90 Å². The van der Waals surface area contributed by atoms with E-state index in [0.717, 1.165) is 33.2 Å². The van der Waals surface area contributed by atoms with Gasteiger partial charge in [-0.25, -0.2) is 13.1 Å². The standard InChI is InChI=1S/C25H25N3O3S/c1-16-5-6-23-20(13-16)14-24(25(29)27-32(30,31)21-7-9-26-10-8-21)28(23)15-22-18(3)11-17(2)12-19(22)4/h5-14H,15H2,1-4H3,(H,27,29). The van der Waals surface area contributed by atoms with Crippen LogP contribution in [-0.2, 0) is 16.6 Å². The van der Waals surface area contributed by atoms with Gasteiger partial charge in [-0.1, -0.05) is 29.3 Å². The molecule has 2 heterocycles. The van der Waals surface area contributed by atoms with Gasteiger partial charge in [0.1, 0.15) is 5.69 Å². The summed E-state index contributed by atoms with van der Waals surface area (Å²) in [4.78, 5) is 17.0. The molecule has 0 atom stereocenters. The summed E-state index contributed by atoms with van der Waals surface area (Å²) in [6.45, 7) is 8.61. The summed E-state index contributed by atoms with van der Waals surface area (Å²) in [6, 6.07) is 14.6. The second-order valence-electron chi connectivity index (χ2n) is 8.17. The number of hydrogen-bond acceptors (Lipinski definition) is 4. The fourth-order valence-electron chi connectivity index (χ4n) is 4.12. The van der Waals surface area contributed by atoms with Gasteiger partial charge in [0, 0.05) is 29.8 Å². The Morgan fingerprint density at radius 1 is 0.906 bits per heavy atom. The maximum absolute atomic E-state index is 13.2. The van der Waals surface area contributed by atoms with Crippen LogP contribution in [0.5, 0.6) is 0 Å².